The van der Waals surface area contributed by atoms with E-state index in [1.54, 1.807) is 24.4 Å². The highest BCUT2D eigenvalue weighted by molar-refractivity contribution is 9.10. The number of nitrogens with one attached hydrogen (secondary N) is 1. The number of hydrazine groups is 1. The van der Waals surface area contributed by atoms with Gasteiger partial charge in [0, 0.05) is 18.2 Å². The van der Waals surface area contributed by atoms with Crippen LogP contribution < -0.4 is 11.3 Å². The number of benzene rings is 1. The van der Waals surface area contributed by atoms with Crippen molar-refractivity contribution in [2.45, 2.75) is 12.5 Å². The predicted molar refractivity (Wildman–Crippen MR) is 72.1 cm³/mol. The van der Waals surface area contributed by atoms with Gasteiger partial charge in [0.2, 0.25) is 0 Å². The highest BCUT2D eigenvalue weighted by atomic mass is 79.9. The van der Waals surface area contributed by atoms with E-state index in [1.165, 1.54) is 12.1 Å². The molecule has 6 heteroatoms. The first kappa shape index (κ1) is 14.0. The number of pyridine rings is 1. The second-order valence-electron chi connectivity index (χ2n) is 4.00. The maximum absolute atomic E-state index is 13.9. The monoisotopic (exact) mass is 327 g/mol. The lowest BCUT2D eigenvalue weighted by molar-refractivity contribution is 0.491. The Morgan fingerprint density at radius 1 is 1.26 bits per heavy atom. The lowest BCUT2D eigenvalue weighted by Gasteiger charge is -2.16. The van der Waals surface area contributed by atoms with Crippen LogP contribution in [0.4, 0.5) is 8.78 Å². The standard InChI is InChI=1S/C13H12BrF2N3/c14-9-4-5-10(15)8(13(9)16)7-12(19-17)11-3-1-2-6-18-11/h1-6,12,19H,7,17H2. The maximum atomic E-state index is 13.9. The van der Waals surface area contributed by atoms with Crippen molar-refractivity contribution in [2.75, 3.05) is 0 Å². The number of nitrogens with zero attached hydrogens (tertiary/aromatic N) is 1. The molecule has 19 heavy (non-hydrogen) atoms. The third-order valence-electron chi connectivity index (χ3n) is 2.79. The number of rotatable bonds is 4. The van der Waals surface area contributed by atoms with Crippen molar-refractivity contribution in [3.05, 3.63) is 63.9 Å². The van der Waals surface area contributed by atoms with E-state index < -0.39 is 17.7 Å². The summed E-state index contributed by atoms with van der Waals surface area (Å²) in [6.45, 7) is 0. The van der Waals surface area contributed by atoms with Gasteiger partial charge in [-0.25, -0.2) is 8.78 Å². The van der Waals surface area contributed by atoms with Crippen molar-refractivity contribution in [3.8, 4) is 0 Å². The summed E-state index contributed by atoms with van der Waals surface area (Å²) in [5, 5.41) is 0. The first-order valence-corrected chi connectivity index (χ1v) is 6.42. The Balaban J connectivity index is 2.32. The fourth-order valence-electron chi connectivity index (χ4n) is 1.79. The lowest BCUT2D eigenvalue weighted by atomic mass is 10.0. The summed E-state index contributed by atoms with van der Waals surface area (Å²) < 4.78 is 27.8. The van der Waals surface area contributed by atoms with Gasteiger partial charge in [-0.05, 0) is 40.2 Å². The molecule has 0 spiro atoms. The van der Waals surface area contributed by atoms with Gasteiger partial charge < -0.3 is 0 Å². The van der Waals surface area contributed by atoms with Gasteiger partial charge in [0.05, 0.1) is 16.2 Å². The minimum absolute atomic E-state index is 0.0250. The molecule has 2 rings (SSSR count). The first-order chi connectivity index (χ1) is 9.13. The van der Waals surface area contributed by atoms with Crippen LogP contribution >= 0.6 is 15.9 Å². The highest BCUT2D eigenvalue weighted by Crippen LogP contribution is 2.25. The smallest absolute Gasteiger partial charge is 0.143 e. The van der Waals surface area contributed by atoms with Gasteiger partial charge in [0.15, 0.2) is 0 Å². The van der Waals surface area contributed by atoms with Crippen molar-refractivity contribution in [1.29, 1.82) is 0 Å². The molecule has 0 aliphatic carbocycles. The normalized spacial score (nSPS) is 12.4. The molecule has 0 aliphatic rings. The summed E-state index contributed by atoms with van der Waals surface area (Å²) in [6.07, 6.45) is 1.68. The van der Waals surface area contributed by atoms with Crippen LogP contribution in [-0.2, 0) is 6.42 Å². The van der Waals surface area contributed by atoms with Gasteiger partial charge in [0.25, 0.3) is 0 Å². The average molecular weight is 328 g/mol. The van der Waals surface area contributed by atoms with Crippen LogP contribution in [0, 0.1) is 11.6 Å². The van der Waals surface area contributed by atoms with Gasteiger partial charge in [-0.1, -0.05) is 6.07 Å². The van der Waals surface area contributed by atoms with Crippen molar-refractivity contribution < 1.29 is 8.78 Å². The molecular weight excluding hydrogens is 316 g/mol. The van der Waals surface area contributed by atoms with Crippen LogP contribution in [0.5, 0.6) is 0 Å². The molecule has 2 aromatic rings. The topological polar surface area (TPSA) is 50.9 Å². The molecule has 0 bridgehead atoms. The summed E-state index contributed by atoms with van der Waals surface area (Å²) >= 11 is 3.04. The second-order valence-corrected chi connectivity index (χ2v) is 4.85. The number of halogens is 3. The molecule has 0 saturated heterocycles. The highest BCUT2D eigenvalue weighted by Gasteiger charge is 2.19. The van der Waals surface area contributed by atoms with E-state index in [4.69, 9.17) is 5.84 Å². The SMILES string of the molecule is NNC(Cc1c(F)ccc(Br)c1F)c1ccccn1. The zero-order chi connectivity index (χ0) is 13.8. The van der Waals surface area contributed by atoms with E-state index in [1.807, 2.05) is 0 Å². The van der Waals surface area contributed by atoms with Gasteiger partial charge in [-0.2, -0.15) is 0 Å². The molecule has 1 heterocycles. The van der Waals surface area contributed by atoms with Crippen molar-refractivity contribution >= 4 is 15.9 Å². The summed E-state index contributed by atoms with van der Waals surface area (Å²) in [4.78, 5) is 4.13. The number of nitrogens with two attached hydrogens (primary N) is 1. The number of hydrogen-bond acceptors (Lipinski definition) is 3. The third-order valence-corrected chi connectivity index (χ3v) is 3.41. The van der Waals surface area contributed by atoms with Gasteiger partial charge in [-0.3, -0.25) is 16.3 Å². The van der Waals surface area contributed by atoms with E-state index in [-0.39, 0.29) is 16.5 Å². The fraction of sp³-hybridized carbons (Fsp3) is 0.154. The van der Waals surface area contributed by atoms with Crippen LogP contribution in [-0.4, -0.2) is 4.98 Å². The average Bonchev–Trinajstić information content (AvgIpc) is 2.44. The summed E-state index contributed by atoms with van der Waals surface area (Å²) in [5.41, 5.74) is 3.13. The summed E-state index contributed by atoms with van der Waals surface area (Å²) in [7, 11) is 0. The van der Waals surface area contributed by atoms with Crippen LogP contribution in [0.25, 0.3) is 0 Å². The van der Waals surface area contributed by atoms with Gasteiger partial charge in [0.1, 0.15) is 11.6 Å². The van der Waals surface area contributed by atoms with Crippen LogP contribution in [0.2, 0.25) is 0 Å². The van der Waals surface area contributed by atoms with E-state index in [0.717, 1.165) is 0 Å². The zero-order valence-corrected chi connectivity index (χ0v) is 11.5. The van der Waals surface area contributed by atoms with E-state index in [0.29, 0.717) is 5.69 Å². The maximum Gasteiger partial charge on any atom is 0.143 e. The molecule has 1 atom stereocenters. The van der Waals surface area contributed by atoms with E-state index in [9.17, 15) is 8.78 Å². The van der Waals surface area contributed by atoms with Crippen LogP contribution in [0.15, 0.2) is 41.0 Å². The van der Waals surface area contributed by atoms with Crippen molar-refractivity contribution in [2.24, 2.45) is 5.84 Å². The van der Waals surface area contributed by atoms with Gasteiger partial charge in [-0.15, -0.1) is 0 Å². The second kappa shape index (κ2) is 6.18. The molecule has 1 unspecified atom stereocenters. The van der Waals surface area contributed by atoms with Crippen molar-refractivity contribution in [3.63, 3.8) is 0 Å². The molecule has 0 amide bonds. The molecule has 3 N–H and O–H groups in total. The molecule has 1 aromatic heterocycles. The molecule has 0 radical (unpaired) electrons. The summed E-state index contributed by atoms with van der Waals surface area (Å²) in [5.74, 6) is 4.23. The summed E-state index contributed by atoms with van der Waals surface area (Å²) in [6, 6.07) is 7.39. The third kappa shape index (κ3) is 3.15. The quantitative estimate of drug-likeness (QED) is 0.515. The van der Waals surface area contributed by atoms with E-state index >= 15 is 0 Å². The zero-order valence-electron chi connectivity index (χ0n) is 9.91. The van der Waals surface area contributed by atoms with Gasteiger partial charge >= 0.3 is 0 Å². The number of aromatic nitrogens is 1. The molecular formula is C13H12BrF2N3. The largest absolute Gasteiger partial charge is 0.271 e. The Bertz CT molecular complexity index is 563. The predicted octanol–water partition coefficient (Wildman–Crippen LogP) is 2.87. The van der Waals surface area contributed by atoms with Crippen LogP contribution in [0.3, 0.4) is 0 Å². The lowest BCUT2D eigenvalue weighted by Crippen LogP contribution is -2.30. The minimum Gasteiger partial charge on any atom is -0.271 e. The Labute approximate surface area is 117 Å². The van der Waals surface area contributed by atoms with Crippen LogP contribution in [0.1, 0.15) is 17.3 Å². The van der Waals surface area contributed by atoms with E-state index in [2.05, 4.69) is 26.3 Å². The van der Waals surface area contributed by atoms with Crippen molar-refractivity contribution in [1.82, 2.24) is 10.4 Å². The Kier molecular flexibility index (Phi) is 4.57. The molecule has 3 nitrogen and oxygen atoms in total. The Morgan fingerprint density at radius 2 is 2.05 bits per heavy atom. The molecule has 0 aliphatic heterocycles. The Hall–Kier alpha value is -1.37. The Morgan fingerprint density at radius 3 is 2.68 bits per heavy atom. The number of hydrogen-bond donors (Lipinski definition) is 2. The molecule has 0 saturated carbocycles. The molecule has 0 fully saturated rings. The first-order valence-electron chi connectivity index (χ1n) is 5.63. The minimum atomic E-state index is -0.615. The molecule has 100 valence electrons. The fourth-order valence-corrected chi connectivity index (χ4v) is 2.16. The molecule has 1 aromatic carbocycles.